The lowest BCUT2D eigenvalue weighted by molar-refractivity contribution is 0.0697. The molecule has 4 aromatic rings. The largest absolute Gasteiger partial charge is 0.477 e. The van der Waals surface area contributed by atoms with Gasteiger partial charge in [0.15, 0.2) is 11.6 Å². The van der Waals surface area contributed by atoms with Crippen molar-refractivity contribution in [3.8, 4) is 22.5 Å². The van der Waals surface area contributed by atoms with Crippen LogP contribution in [0.15, 0.2) is 54.7 Å². The minimum Gasteiger partial charge on any atom is -0.477 e. The molecule has 2 N–H and O–H groups in total. The van der Waals surface area contributed by atoms with Crippen LogP contribution in [0.4, 0.5) is 5.82 Å². The van der Waals surface area contributed by atoms with Crippen LogP contribution in [0.3, 0.4) is 0 Å². The van der Waals surface area contributed by atoms with Crippen molar-refractivity contribution in [3.63, 3.8) is 0 Å². The van der Waals surface area contributed by atoms with Gasteiger partial charge < -0.3 is 10.0 Å². The van der Waals surface area contributed by atoms with Crippen molar-refractivity contribution in [2.24, 2.45) is 7.05 Å². The summed E-state index contributed by atoms with van der Waals surface area (Å²) in [5.74, 6) is 0.132. The number of tetrazole rings is 1. The minimum absolute atomic E-state index is 0.210. The second-order valence-corrected chi connectivity index (χ2v) is 7.26. The van der Waals surface area contributed by atoms with E-state index in [1.54, 1.807) is 17.9 Å². The fourth-order valence-electron chi connectivity index (χ4n) is 3.62. The number of carboxylic acid groups (broad SMARTS) is 1. The third kappa shape index (κ3) is 4.30. The fraction of sp³-hybridized carbons (Fsp3) is 0.227. The Labute approximate surface area is 179 Å². The highest BCUT2D eigenvalue weighted by Crippen LogP contribution is 2.30. The molecule has 2 aromatic carbocycles. The molecule has 0 unspecified atom stereocenters. The van der Waals surface area contributed by atoms with E-state index in [-0.39, 0.29) is 5.56 Å². The van der Waals surface area contributed by atoms with E-state index in [2.05, 4.69) is 56.9 Å². The second-order valence-electron chi connectivity index (χ2n) is 7.26. The number of aromatic carboxylic acids is 1. The standard InChI is InChI=1S/C22H23N7O2/c1-3-12-29(21-19(22(30)31)14-28(2)25-21)13-15-8-10-16(11-9-15)17-6-4-5-7-18(17)20-23-26-27-24-20/h4-11,14H,3,12-13H2,1-2H3,(H,30,31)(H,23,24,26,27). The molecule has 0 bridgehead atoms. The van der Waals surface area contributed by atoms with Gasteiger partial charge >= 0.3 is 5.97 Å². The Morgan fingerprint density at radius 2 is 1.87 bits per heavy atom. The third-order valence-corrected chi connectivity index (χ3v) is 5.00. The maximum absolute atomic E-state index is 11.6. The molecule has 0 aliphatic carbocycles. The highest BCUT2D eigenvalue weighted by molar-refractivity contribution is 5.93. The van der Waals surface area contributed by atoms with Gasteiger partial charge in [-0.3, -0.25) is 4.68 Å². The quantitative estimate of drug-likeness (QED) is 0.452. The van der Waals surface area contributed by atoms with Crippen molar-refractivity contribution < 1.29 is 9.90 Å². The molecule has 0 saturated carbocycles. The number of benzene rings is 2. The zero-order valence-electron chi connectivity index (χ0n) is 17.4. The number of aromatic amines is 1. The number of rotatable bonds is 8. The summed E-state index contributed by atoms with van der Waals surface area (Å²) in [4.78, 5) is 13.6. The molecular formula is C22H23N7O2. The number of aryl methyl sites for hydroxylation is 1. The van der Waals surface area contributed by atoms with Gasteiger partial charge in [0.2, 0.25) is 0 Å². The molecule has 0 atom stereocenters. The number of hydrogen-bond donors (Lipinski definition) is 2. The van der Waals surface area contributed by atoms with Gasteiger partial charge in [-0.1, -0.05) is 55.5 Å². The van der Waals surface area contributed by atoms with E-state index < -0.39 is 5.97 Å². The third-order valence-electron chi connectivity index (χ3n) is 5.00. The average Bonchev–Trinajstić information content (AvgIpc) is 3.44. The van der Waals surface area contributed by atoms with Gasteiger partial charge in [-0.15, -0.1) is 5.10 Å². The highest BCUT2D eigenvalue weighted by Gasteiger charge is 2.20. The average molecular weight is 417 g/mol. The topological polar surface area (TPSA) is 113 Å². The van der Waals surface area contributed by atoms with E-state index in [4.69, 9.17) is 0 Å². The van der Waals surface area contributed by atoms with E-state index in [0.717, 1.165) is 28.7 Å². The number of carboxylic acids is 1. The van der Waals surface area contributed by atoms with Crippen LogP contribution in [0.25, 0.3) is 22.5 Å². The number of anilines is 1. The van der Waals surface area contributed by atoms with Gasteiger partial charge in [-0.05, 0) is 33.5 Å². The Bertz CT molecular complexity index is 1170. The van der Waals surface area contributed by atoms with Crippen molar-refractivity contribution in [2.75, 3.05) is 11.4 Å². The normalized spacial score (nSPS) is 10.9. The molecule has 9 heteroatoms. The van der Waals surface area contributed by atoms with Gasteiger partial charge in [0.05, 0.1) is 0 Å². The van der Waals surface area contributed by atoms with E-state index in [1.807, 2.05) is 29.2 Å². The first-order valence-corrected chi connectivity index (χ1v) is 10.0. The van der Waals surface area contributed by atoms with Crippen LogP contribution in [0.5, 0.6) is 0 Å². The summed E-state index contributed by atoms with van der Waals surface area (Å²) in [6.45, 7) is 3.34. The van der Waals surface area contributed by atoms with E-state index in [0.29, 0.717) is 24.7 Å². The lowest BCUT2D eigenvalue weighted by Gasteiger charge is -2.23. The van der Waals surface area contributed by atoms with Crippen LogP contribution in [0.1, 0.15) is 29.3 Å². The predicted octanol–water partition coefficient (Wildman–Crippen LogP) is 3.38. The van der Waals surface area contributed by atoms with E-state index in [9.17, 15) is 9.90 Å². The van der Waals surface area contributed by atoms with Crippen LogP contribution >= 0.6 is 0 Å². The second kappa shape index (κ2) is 8.78. The Morgan fingerprint density at radius 1 is 1.13 bits per heavy atom. The summed E-state index contributed by atoms with van der Waals surface area (Å²) in [7, 11) is 1.73. The number of aromatic nitrogens is 6. The predicted molar refractivity (Wildman–Crippen MR) is 117 cm³/mol. The zero-order valence-corrected chi connectivity index (χ0v) is 17.4. The van der Waals surface area contributed by atoms with Gasteiger partial charge in [0.25, 0.3) is 0 Å². The first kappa shape index (κ1) is 20.3. The number of carbonyl (C=O) groups is 1. The van der Waals surface area contributed by atoms with E-state index in [1.165, 1.54) is 0 Å². The Hall–Kier alpha value is -4.01. The van der Waals surface area contributed by atoms with E-state index >= 15 is 0 Å². The summed E-state index contributed by atoms with van der Waals surface area (Å²) in [6, 6.07) is 16.1. The number of nitrogens with one attached hydrogen (secondary N) is 1. The fourth-order valence-corrected chi connectivity index (χ4v) is 3.62. The minimum atomic E-state index is -0.974. The number of nitrogens with zero attached hydrogens (tertiary/aromatic N) is 6. The first-order valence-electron chi connectivity index (χ1n) is 10.0. The molecule has 0 spiro atoms. The van der Waals surface area contributed by atoms with Crippen molar-refractivity contribution in [3.05, 3.63) is 65.9 Å². The molecule has 9 nitrogen and oxygen atoms in total. The van der Waals surface area contributed by atoms with Gasteiger partial charge in [-0.2, -0.15) is 5.10 Å². The monoisotopic (exact) mass is 417 g/mol. The summed E-state index contributed by atoms with van der Waals surface area (Å²) in [5.41, 5.74) is 4.27. The molecule has 31 heavy (non-hydrogen) atoms. The van der Waals surface area contributed by atoms with Gasteiger partial charge in [-0.25, -0.2) is 9.89 Å². The highest BCUT2D eigenvalue weighted by atomic mass is 16.4. The Balaban J connectivity index is 1.61. The molecule has 0 aliphatic rings. The van der Waals surface area contributed by atoms with Crippen LogP contribution < -0.4 is 4.90 Å². The summed E-state index contributed by atoms with van der Waals surface area (Å²) in [5, 5.41) is 28.1. The molecule has 0 fully saturated rings. The molecule has 0 aliphatic heterocycles. The summed E-state index contributed by atoms with van der Waals surface area (Å²) < 4.78 is 1.54. The SMILES string of the molecule is CCCN(Cc1ccc(-c2ccccc2-c2nnn[nH]2)cc1)c1nn(C)cc1C(=O)O. The van der Waals surface area contributed by atoms with Crippen LogP contribution in [-0.2, 0) is 13.6 Å². The molecule has 2 heterocycles. The maximum Gasteiger partial charge on any atom is 0.341 e. The van der Waals surface area contributed by atoms with Crippen LogP contribution in [-0.4, -0.2) is 48.0 Å². The van der Waals surface area contributed by atoms with Crippen molar-refractivity contribution in [2.45, 2.75) is 19.9 Å². The lowest BCUT2D eigenvalue weighted by Crippen LogP contribution is -2.25. The Morgan fingerprint density at radius 3 is 2.52 bits per heavy atom. The molecule has 0 amide bonds. The molecule has 158 valence electrons. The van der Waals surface area contributed by atoms with Gasteiger partial charge in [0.1, 0.15) is 5.56 Å². The zero-order chi connectivity index (χ0) is 21.8. The molecular weight excluding hydrogens is 394 g/mol. The molecule has 0 saturated heterocycles. The van der Waals surface area contributed by atoms with Crippen molar-refractivity contribution in [1.29, 1.82) is 0 Å². The smallest absolute Gasteiger partial charge is 0.341 e. The summed E-state index contributed by atoms with van der Waals surface area (Å²) in [6.07, 6.45) is 2.42. The molecule has 4 rings (SSSR count). The number of hydrogen-bond acceptors (Lipinski definition) is 6. The van der Waals surface area contributed by atoms with Gasteiger partial charge in [0, 0.05) is 31.9 Å². The Kier molecular flexibility index (Phi) is 5.74. The molecule has 2 aromatic heterocycles. The van der Waals surface area contributed by atoms with Crippen molar-refractivity contribution >= 4 is 11.8 Å². The number of H-pyrrole nitrogens is 1. The van der Waals surface area contributed by atoms with Crippen LogP contribution in [0.2, 0.25) is 0 Å². The maximum atomic E-state index is 11.6. The summed E-state index contributed by atoms with van der Waals surface area (Å²) >= 11 is 0. The van der Waals surface area contributed by atoms with Crippen LogP contribution in [0, 0.1) is 0 Å². The molecule has 0 radical (unpaired) electrons. The first-order chi connectivity index (χ1) is 15.1. The lowest BCUT2D eigenvalue weighted by atomic mass is 9.98. The van der Waals surface area contributed by atoms with Crippen molar-refractivity contribution in [1.82, 2.24) is 30.4 Å².